The van der Waals surface area contributed by atoms with Crippen LogP contribution in [0, 0.1) is 4.91 Å². The van der Waals surface area contributed by atoms with Crippen molar-refractivity contribution >= 4 is 15.9 Å². The first-order chi connectivity index (χ1) is 7.19. The number of nitrogens with zero attached hydrogens (tertiary/aromatic N) is 1. The van der Waals surface area contributed by atoms with Gasteiger partial charge in [0, 0.05) is 10.1 Å². The van der Waals surface area contributed by atoms with Gasteiger partial charge < -0.3 is 9.84 Å². The predicted octanol–water partition coefficient (Wildman–Crippen LogP) is 2.82. The molecular formula is C10H14BrNO3. The first kappa shape index (κ1) is 12.5. The van der Waals surface area contributed by atoms with E-state index in [0.29, 0.717) is 12.1 Å². The summed E-state index contributed by atoms with van der Waals surface area (Å²) in [6.07, 6.45) is 3.18. The molecule has 0 fully saturated rings. The van der Waals surface area contributed by atoms with Gasteiger partial charge in [-0.05, 0) is 24.4 Å². The maximum atomic E-state index is 10.5. The number of rotatable bonds is 5. The van der Waals surface area contributed by atoms with Gasteiger partial charge >= 0.3 is 0 Å². The summed E-state index contributed by atoms with van der Waals surface area (Å²) in [5, 5.41) is 12.2. The Balaban J connectivity index is 2.64. The first-order valence-electron chi connectivity index (χ1n) is 4.90. The number of hydrogen-bond donors (Lipinski definition) is 1. The molecule has 84 valence electrons. The minimum Gasteiger partial charge on any atom is -0.368 e. The number of nitroso groups, excluding NO2 is 1. The highest BCUT2D eigenvalue weighted by molar-refractivity contribution is 9.11. The standard InChI is InChI=1S/C10H14BrNO3/c1-2-10(13)15-6-7-8(11)4-3-5-9(7)12-14/h5,10,13H,2-4,6H2,1H3/t10-/m0/s1. The normalized spacial score (nSPS) is 18.7. The zero-order valence-electron chi connectivity index (χ0n) is 8.57. The van der Waals surface area contributed by atoms with Crippen molar-refractivity contribution in [2.45, 2.75) is 32.5 Å². The van der Waals surface area contributed by atoms with Crippen molar-refractivity contribution in [1.82, 2.24) is 0 Å². The van der Waals surface area contributed by atoms with Crippen LogP contribution in [-0.2, 0) is 4.74 Å². The van der Waals surface area contributed by atoms with E-state index in [1.165, 1.54) is 0 Å². The Morgan fingerprint density at radius 2 is 2.47 bits per heavy atom. The molecule has 0 aromatic rings. The van der Waals surface area contributed by atoms with Crippen LogP contribution < -0.4 is 0 Å². The van der Waals surface area contributed by atoms with Crippen molar-refractivity contribution in [2.75, 3.05) is 6.61 Å². The van der Waals surface area contributed by atoms with Crippen LogP contribution in [0.2, 0.25) is 0 Å². The monoisotopic (exact) mass is 275 g/mol. The summed E-state index contributed by atoms with van der Waals surface area (Å²) in [6.45, 7) is 2.04. The van der Waals surface area contributed by atoms with Gasteiger partial charge in [-0.25, -0.2) is 0 Å². The Bertz CT molecular complexity index is 299. The zero-order valence-corrected chi connectivity index (χ0v) is 10.2. The number of allylic oxidation sites excluding steroid dienone is 2. The first-order valence-corrected chi connectivity index (χ1v) is 5.69. The minimum absolute atomic E-state index is 0.215. The molecule has 1 atom stereocenters. The van der Waals surface area contributed by atoms with E-state index in [0.717, 1.165) is 22.9 Å². The largest absolute Gasteiger partial charge is 0.368 e. The molecule has 5 heteroatoms. The molecule has 1 aliphatic carbocycles. The highest BCUT2D eigenvalue weighted by Gasteiger charge is 2.16. The van der Waals surface area contributed by atoms with E-state index in [2.05, 4.69) is 21.1 Å². The van der Waals surface area contributed by atoms with E-state index in [1.54, 1.807) is 6.08 Å². The number of aliphatic hydroxyl groups excluding tert-OH is 1. The van der Waals surface area contributed by atoms with Crippen LogP contribution in [-0.4, -0.2) is 18.0 Å². The van der Waals surface area contributed by atoms with E-state index in [-0.39, 0.29) is 6.61 Å². The Labute approximate surface area is 97.1 Å². The Kier molecular flexibility index (Phi) is 5.14. The summed E-state index contributed by atoms with van der Waals surface area (Å²) in [5.74, 6) is 0. The molecule has 0 amide bonds. The second-order valence-corrected chi connectivity index (χ2v) is 4.23. The fourth-order valence-electron chi connectivity index (χ4n) is 1.29. The van der Waals surface area contributed by atoms with Gasteiger partial charge in [0.25, 0.3) is 0 Å². The van der Waals surface area contributed by atoms with Crippen molar-refractivity contribution in [3.8, 4) is 0 Å². The molecule has 1 N–H and O–H groups in total. The van der Waals surface area contributed by atoms with Crippen molar-refractivity contribution in [2.24, 2.45) is 5.18 Å². The van der Waals surface area contributed by atoms with Gasteiger partial charge in [0.2, 0.25) is 0 Å². The number of hydrogen-bond acceptors (Lipinski definition) is 4. The molecule has 0 unspecified atom stereocenters. The third-order valence-electron chi connectivity index (χ3n) is 2.21. The lowest BCUT2D eigenvalue weighted by Gasteiger charge is -2.16. The van der Waals surface area contributed by atoms with Gasteiger partial charge in [0.15, 0.2) is 6.29 Å². The van der Waals surface area contributed by atoms with E-state index in [9.17, 15) is 10.0 Å². The van der Waals surface area contributed by atoms with E-state index < -0.39 is 6.29 Å². The Morgan fingerprint density at radius 3 is 3.07 bits per heavy atom. The molecule has 15 heavy (non-hydrogen) atoms. The van der Waals surface area contributed by atoms with Gasteiger partial charge in [-0.3, -0.25) is 0 Å². The molecule has 0 aromatic heterocycles. The van der Waals surface area contributed by atoms with Gasteiger partial charge in [0.1, 0.15) is 5.70 Å². The highest BCUT2D eigenvalue weighted by atomic mass is 79.9. The quantitative estimate of drug-likeness (QED) is 0.620. The van der Waals surface area contributed by atoms with Crippen LogP contribution in [0.1, 0.15) is 26.2 Å². The van der Waals surface area contributed by atoms with Crippen LogP contribution in [0.25, 0.3) is 0 Å². The molecule has 0 radical (unpaired) electrons. The summed E-state index contributed by atoms with van der Waals surface area (Å²) in [6, 6.07) is 0. The smallest absolute Gasteiger partial charge is 0.154 e. The van der Waals surface area contributed by atoms with Crippen LogP contribution in [0.3, 0.4) is 0 Å². The summed E-state index contributed by atoms with van der Waals surface area (Å²) >= 11 is 3.39. The van der Waals surface area contributed by atoms with Crippen molar-refractivity contribution in [3.63, 3.8) is 0 Å². The van der Waals surface area contributed by atoms with Gasteiger partial charge in [-0.15, -0.1) is 4.91 Å². The second kappa shape index (κ2) is 6.15. The molecule has 0 saturated carbocycles. The SMILES string of the molecule is CC[C@@H](O)OCC1=C(Br)CCC=C1N=O. The second-order valence-electron chi connectivity index (χ2n) is 3.28. The number of aliphatic hydroxyl groups is 1. The summed E-state index contributed by atoms with van der Waals surface area (Å²) < 4.78 is 6.09. The van der Waals surface area contributed by atoms with E-state index in [1.807, 2.05) is 6.92 Å². The van der Waals surface area contributed by atoms with Gasteiger partial charge in [-0.2, -0.15) is 0 Å². The Morgan fingerprint density at radius 1 is 1.73 bits per heavy atom. The third kappa shape index (κ3) is 3.52. The van der Waals surface area contributed by atoms with Crippen LogP contribution in [0.5, 0.6) is 0 Å². The topological polar surface area (TPSA) is 58.9 Å². The van der Waals surface area contributed by atoms with Crippen molar-refractivity contribution < 1.29 is 9.84 Å². The lowest BCUT2D eigenvalue weighted by molar-refractivity contribution is -0.0915. The molecule has 0 saturated heterocycles. The fraction of sp³-hybridized carbons (Fsp3) is 0.600. The molecule has 0 heterocycles. The molecule has 0 aliphatic heterocycles. The fourth-order valence-corrected chi connectivity index (χ4v) is 1.84. The van der Waals surface area contributed by atoms with Crippen LogP contribution in [0.15, 0.2) is 27.0 Å². The Hall–Kier alpha value is -0.520. The summed E-state index contributed by atoms with van der Waals surface area (Å²) in [7, 11) is 0. The van der Waals surface area contributed by atoms with Crippen molar-refractivity contribution in [3.05, 3.63) is 26.7 Å². The van der Waals surface area contributed by atoms with Gasteiger partial charge in [0.05, 0.1) is 6.61 Å². The molecule has 4 nitrogen and oxygen atoms in total. The molecule has 1 aliphatic rings. The molecule has 1 rings (SSSR count). The minimum atomic E-state index is -0.785. The average molecular weight is 276 g/mol. The van der Waals surface area contributed by atoms with E-state index >= 15 is 0 Å². The molecule has 0 bridgehead atoms. The third-order valence-corrected chi connectivity index (χ3v) is 3.08. The summed E-state index contributed by atoms with van der Waals surface area (Å²) in [5.41, 5.74) is 1.15. The molecular weight excluding hydrogens is 262 g/mol. The van der Waals surface area contributed by atoms with E-state index in [4.69, 9.17) is 4.74 Å². The van der Waals surface area contributed by atoms with Crippen LogP contribution >= 0.6 is 15.9 Å². The summed E-state index contributed by atoms with van der Waals surface area (Å²) in [4.78, 5) is 10.5. The average Bonchev–Trinajstić information content (AvgIpc) is 2.26. The van der Waals surface area contributed by atoms with Gasteiger partial charge in [-0.1, -0.05) is 28.9 Å². The highest BCUT2D eigenvalue weighted by Crippen LogP contribution is 2.30. The lowest BCUT2D eigenvalue weighted by Crippen LogP contribution is -2.14. The van der Waals surface area contributed by atoms with Crippen molar-refractivity contribution in [1.29, 1.82) is 0 Å². The number of ether oxygens (including phenoxy) is 1. The maximum Gasteiger partial charge on any atom is 0.154 e. The lowest BCUT2D eigenvalue weighted by atomic mass is 10.0. The molecule has 0 aromatic carbocycles. The predicted molar refractivity (Wildman–Crippen MR) is 61.3 cm³/mol. The molecule has 0 spiro atoms. The number of halogens is 1. The zero-order chi connectivity index (χ0) is 11.3. The maximum absolute atomic E-state index is 10.5. The van der Waals surface area contributed by atoms with Crippen LogP contribution in [0.4, 0.5) is 0 Å².